The van der Waals surface area contributed by atoms with Gasteiger partial charge in [-0.2, -0.15) is 23.1 Å². The molecule has 4 aliphatic heterocycles. The van der Waals surface area contributed by atoms with Crippen LogP contribution in [-0.2, 0) is 6.18 Å². The number of halogens is 7. The minimum atomic E-state index is -5.04. The number of alkyl halides is 4. The summed E-state index contributed by atoms with van der Waals surface area (Å²) in [4.78, 5) is 13.0. The average molecular weight is 641 g/mol. The molecule has 5 heterocycles. The van der Waals surface area contributed by atoms with Crippen LogP contribution in [0.1, 0.15) is 43.2 Å². The van der Waals surface area contributed by atoms with E-state index in [1.54, 1.807) is 0 Å². The van der Waals surface area contributed by atoms with Gasteiger partial charge in [0.15, 0.2) is 11.6 Å². The third-order valence-corrected chi connectivity index (χ3v) is 9.91. The van der Waals surface area contributed by atoms with E-state index in [1.807, 2.05) is 4.90 Å². The van der Waals surface area contributed by atoms with Crippen molar-refractivity contribution in [3.63, 3.8) is 0 Å². The molecular formula is C30H31ClF6N6O. The Labute approximate surface area is 254 Å². The predicted octanol–water partition coefficient (Wildman–Crippen LogP) is 6.03. The number of fused-ring (bicyclic) bond motifs is 4. The van der Waals surface area contributed by atoms with E-state index in [1.165, 1.54) is 6.07 Å². The molecule has 3 N–H and O–H groups in total. The highest BCUT2D eigenvalue weighted by Gasteiger charge is 2.49. The number of nitrogen functional groups attached to an aromatic ring is 1. The van der Waals surface area contributed by atoms with Gasteiger partial charge in [0.1, 0.15) is 24.1 Å². The van der Waals surface area contributed by atoms with Crippen LogP contribution in [0.3, 0.4) is 0 Å². The molecule has 4 fully saturated rings. The zero-order valence-corrected chi connectivity index (χ0v) is 24.6. The van der Waals surface area contributed by atoms with Gasteiger partial charge in [0.25, 0.3) is 0 Å². The molecule has 44 heavy (non-hydrogen) atoms. The number of nitrogens with two attached hydrogens (primary N) is 1. The van der Waals surface area contributed by atoms with Crippen molar-refractivity contribution in [3.8, 4) is 17.1 Å². The highest BCUT2D eigenvalue weighted by molar-refractivity contribution is 6.34. The molecule has 236 valence electrons. The lowest BCUT2D eigenvalue weighted by Crippen LogP contribution is -2.51. The summed E-state index contributed by atoms with van der Waals surface area (Å²) >= 11 is 6.51. The van der Waals surface area contributed by atoms with Gasteiger partial charge in [-0.1, -0.05) is 11.6 Å². The predicted molar refractivity (Wildman–Crippen MR) is 155 cm³/mol. The summed E-state index contributed by atoms with van der Waals surface area (Å²) in [6, 6.07) is 2.28. The molecule has 3 aromatic rings. The summed E-state index contributed by atoms with van der Waals surface area (Å²) in [5, 5.41) is 3.23. The molecule has 0 spiro atoms. The Morgan fingerprint density at radius 1 is 1.09 bits per heavy atom. The molecule has 0 amide bonds. The van der Waals surface area contributed by atoms with Crippen molar-refractivity contribution >= 4 is 34.0 Å². The van der Waals surface area contributed by atoms with E-state index in [0.717, 1.165) is 45.2 Å². The minimum Gasteiger partial charge on any atom is -0.461 e. The fourth-order valence-corrected chi connectivity index (χ4v) is 8.02. The van der Waals surface area contributed by atoms with Crippen LogP contribution < -0.4 is 20.7 Å². The second-order valence-electron chi connectivity index (χ2n) is 12.5. The number of piperazine rings is 1. The van der Waals surface area contributed by atoms with Crippen LogP contribution in [0.15, 0.2) is 12.1 Å². The van der Waals surface area contributed by atoms with Crippen molar-refractivity contribution in [2.24, 2.45) is 0 Å². The summed E-state index contributed by atoms with van der Waals surface area (Å²) in [5.74, 6) is -2.37. The van der Waals surface area contributed by atoms with Crippen LogP contribution in [0.2, 0.25) is 5.02 Å². The van der Waals surface area contributed by atoms with Gasteiger partial charge < -0.3 is 20.7 Å². The molecule has 4 saturated heterocycles. The maximum atomic E-state index is 16.6. The molecule has 4 atom stereocenters. The van der Waals surface area contributed by atoms with Crippen LogP contribution >= 0.6 is 11.6 Å². The van der Waals surface area contributed by atoms with E-state index in [0.29, 0.717) is 25.5 Å². The molecule has 2 unspecified atom stereocenters. The van der Waals surface area contributed by atoms with Gasteiger partial charge in [0, 0.05) is 54.7 Å². The third-order valence-electron chi connectivity index (χ3n) is 9.61. The van der Waals surface area contributed by atoms with E-state index in [4.69, 9.17) is 22.1 Å². The van der Waals surface area contributed by atoms with Crippen LogP contribution in [0.5, 0.6) is 6.01 Å². The van der Waals surface area contributed by atoms with Crippen molar-refractivity contribution in [3.05, 3.63) is 39.9 Å². The van der Waals surface area contributed by atoms with Crippen molar-refractivity contribution in [1.82, 2.24) is 20.2 Å². The number of aromatic nitrogens is 2. The first kappa shape index (κ1) is 29.7. The fourth-order valence-electron chi connectivity index (χ4n) is 7.73. The standard InChI is InChI=1S/C30H31ClF6N6O/c1-14-7-20(38)24(33)22(23(14)30(35,36)37)21-19(31)8-18-26(25(21)34)40-28(41-27(18)42-11-16-3-4-17(12-42)39-16)44-13-29-5-2-6-43(29)10-15(32)9-29/h7-8,15-17,39H,2-6,9-13,38H2,1H3/t15-,16?,17?,29+/m1/s1. The maximum Gasteiger partial charge on any atom is 0.417 e. The van der Waals surface area contributed by atoms with Crippen LogP contribution in [-0.4, -0.2) is 71.4 Å². The Bertz CT molecular complexity index is 1640. The van der Waals surface area contributed by atoms with E-state index in [9.17, 15) is 17.6 Å². The number of benzene rings is 2. The van der Waals surface area contributed by atoms with Crippen molar-refractivity contribution in [2.75, 3.05) is 43.4 Å². The molecule has 7 nitrogen and oxygen atoms in total. The SMILES string of the molecule is Cc1cc(N)c(F)c(-c2c(Cl)cc3c(N4CC5CCC(C4)N5)nc(OC[C@@]45CCCN4C[C@H](F)C5)nc3c2F)c1C(F)(F)F. The van der Waals surface area contributed by atoms with Gasteiger partial charge in [-0.15, -0.1) is 0 Å². The lowest BCUT2D eigenvalue weighted by molar-refractivity contribution is -0.137. The Morgan fingerprint density at radius 2 is 1.82 bits per heavy atom. The lowest BCUT2D eigenvalue weighted by Gasteiger charge is -2.35. The van der Waals surface area contributed by atoms with Crippen molar-refractivity contribution in [1.29, 1.82) is 0 Å². The summed E-state index contributed by atoms with van der Waals surface area (Å²) in [7, 11) is 0. The molecule has 0 saturated carbocycles. The quantitative estimate of drug-likeness (QED) is 0.260. The molecule has 1 aromatic heterocycles. The number of nitrogens with one attached hydrogen (secondary N) is 1. The highest BCUT2D eigenvalue weighted by atomic mass is 35.5. The molecule has 0 radical (unpaired) electrons. The smallest absolute Gasteiger partial charge is 0.417 e. The van der Waals surface area contributed by atoms with E-state index >= 15 is 8.78 Å². The monoisotopic (exact) mass is 640 g/mol. The van der Waals surface area contributed by atoms with Gasteiger partial charge >= 0.3 is 12.2 Å². The summed E-state index contributed by atoms with van der Waals surface area (Å²) < 4.78 is 95.3. The second-order valence-corrected chi connectivity index (χ2v) is 12.9. The zero-order valence-electron chi connectivity index (χ0n) is 23.9. The highest BCUT2D eigenvalue weighted by Crippen LogP contribution is 2.48. The summed E-state index contributed by atoms with van der Waals surface area (Å²) in [5.41, 5.74) is 0.596. The van der Waals surface area contributed by atoms with E-state index in [2.05, 4.69) is 20.2 Å². The molecule has 0 aliphatic carbocycles. The molecule has 14 heteroatoms. The van der Waals surface area contributed by atoms with Crippen molar-refractivity contribution in [2.45, 2.75) is 69.0 Å². The number of ether oxygens (including phenoxy) is 1. The number of hydrogen-bond acceptors (Lipinski definition) is 7. The number of nitrogens with zero attached hydrogens (tertiary/aromatic N) is 4. The van der Waals surface area contributed by atoms with Crippen LogP contribution in [0.4, 0.5) is 37.8 Å². The van der Waals surface area contributed by atoms with Crippen molar-refractivity contribution < 1.29 is 31.1 Å². The maximum absolute atomic E-state index is 16.6. The Hall–Kier alpha value is -3.03. The number of aryl methyl sites for hydroxylation is 1. The average Bonchev–Trinajstić information content (AvgIpc) is 3.59. The Kier molecular flexibility index (Phi) is 7.09. The summed E-state index contributed by atoms with van der Waals surface area (Å²) in [6.45, 7) is 3.32. The molecule has 7 rings (SSSR count). The first-order valence-corrected chi connectivity index (χ1v) is 15.1. The van der Waals surface area contributed by atoms with Gasteiger partial charge in [0.2, 0.25) is 0 Å². The first-order valence-electron chi connectivity index (χ1n) is 14.7. The second kappa shape index (κ2) is 10.5. The largest absolute Gasteiger partial charge is 0.461 e. The third kappa shape index (κ3) is 4.82. The van der Waals surface area contributed by atoms with Gasteiger partial charge in [-0.25, -0.2) is 13.2 Å². The first-order chi connectivity index (χ1) is 20.8. The minimum absolute atomic E-state index is 0.0640. The number of anilines is 2. The van der Waals surface area contributed by atoms with Gasteiger partial charge in [0.05, 0.1) is 21.8 Å². The molecule has 2 aromatic carbocycles. The molecule has 4 aliphatic rings. The number of rotatable bonds is 5. The Balaban J connectivity index is 1.40. The Morgan fingerprint density at radius 3 is 2.52 bits per heavy atom. The lowest BCUT2D eigenvalue weighted by atomic mass is 9.92. The van der Waals surface area contributed by atoms with Crippen LogP contribution in [0.25, 0.3) is 22.0 Å². The van der Waals surface area contributed by atoms with Gasteiger partial charge in [-0.3, -0.25) is 4.90 Å². The molecular weight excluding hydrogens is 610 g/mol. The zero-order chi connectivity index (χ0) is 31.1. The topological polar surface area (TPSA) is 79.5 Å². The van der Waals surface area contributed by atoms with E-state index in [-0.39, 0.29) is 47.6 Å². The summed E-state index contributed by atoms with van der Waals surface area (Å²) in [6.07, 6.45) is -2.24. The number of hydrogen-bond donors (Lipinski definition) is 2. The molecule has 2 bridgehead atoms. The van der Waals surface area contributed by atoms with E-state index < -0.39 is 56.9 Å². The fraction of sp³-hybridized carbons (Fsp3) is 0.533. The van der Waals surface area contributed by atoms with Gasteiger partial charge in [-0.05, 0) is 56.8 Å². The van der Waals surface area contributed by atoms with Crippen LogP contribution in [0, 0.1) is 18.6 Å². The normalized spacial score (nSPS) is 27.0.